The molecule has 18 fully saturated rings. The fraction of sp³-hybridized carbons (Fsp3) is 0.778. The Morgan fingerprint density at radius 1 is 0.252 bits per heavy atom. The van der Waals surface area contributed by atoms with Crippen molar-refractivity contribution < 1.29 is 83.4 Å². The summed E-state index contributed by atoms with van der Waals surface area (Å²) in [6, 6.07) is 25.7. The van der Waals surface area contributed by atoms with Crippen LogP contribution in [0.15, 0.2) is 111 Å². The molecule has 0 saturated heterocycles. The van der Waals surface area contributed by atoms with Crippen LogP contribution < -0.4 is 0 Å². The Labute approximate surface area is 941 Å². The van der Waals surface area contributed by atoms with Crippen LogP contribution in [0.3, 0.4) is 0 Å². The molecule has 0 radical (unpaired) electrons. The van der Waals surface area contributed by atoms with Crippen LogP contribution in [0, 0.1) is 219 Å². The second-order valence-electron chi connectivity index (χ2n) is 47.9. The molecule has 18 saturated carbocycles. The van der Waals surface area contributed by atoms with Crippen LogP contribution in [0.5, 0.6) is 0 Å². The van der Waals surface area contributed by atoms with Gasteiger partial charge in [0.1, 0.15) is 0 Å². The summed E-state index contributed by atoms with van der Waals surface area (Å²) >= 11 is -3.30. The van der Waals surface area contributed by atoms with Crippen molar-refractivity contribution in [3.63, 3.8) is 0 Å². The second-order valence-corrected chi connectivity index (χ2v) is 67.7. The van der Waals surface area contributed by atoms with E-state index in [1.165, 1.54) is 255 Å². The second kappa shape index (κ2) is 69.5. The molecule has 0 amide bonds. The quantitative estimate of drug-likeness (QED) is 0.0362. The first-order chi connectivity index (χ1) is 64.4. The van der Waals surface area contributed by atoms with Gasteiger partial charge in [0.15, 0.2) is 0 Å². The van der Waals surface area contributed by atoms with E-state index in [1.807, 2.05) is 0 Å². The molecule has 139 heavy (non-hydrogen) atoms. The molecule has 23 unspecified atom stereocenters. The van der Waals surface area contributed by atoms with Gasteiger partial charge in [0.2, 0.25) is 0 Å². The van der Waals surface area contributed by atoms with Crippen molar-refractivity contribution in [2.45, 2.75) is 452 Å². The molecule has 23 atom stereocenters. The zero-order valence-electron chi connectivity index (χ0n) is 91.1. The van der Waals surface area contributed by atoms with Gasteiger partial charge in [-0.1, -0.05) is 310 Å². The van der Waals surface area contributed by atoms with Crippen LogP contribution >= 0.6 is 68.1 Å². The summed E-state index contributed by atoms with van der Waals surface area (Å²) in [5.74, 6) is 27.7. The monoisotopic (exact) mass is 2390 g/mol. The van der Waals surface area contributed by atoms with E-state index in [1.54, 1.807) is 184 Å². The van der Waals surface area contributed by atoms with E-state index in [0.29, 0.717) is 16.2 Å². The normalized spacial score (nSPS) is 34.9. The fourth-order valence-electron chi connectivity index (χ4n) is 39.8. The summed E-state index contributed by atoms with van der Waals surface area (Å²) in [5.41, 5.74) is 7.35. The number of halogens is 8. The van der Waals surface area contributed by atoms with Crippen LogP contribution in [0.2, 0.25) is 23.7 Å². The summed E-state index contributed by atoms with van der Waals surface area (Å²) in [6.07, 6.45) is 105. The van der Waals surface area contributed by atoms with Gasteiger partial charge in [-0.3, -0.25) is 0 Å². The Hall–Kier alpha value is 3.47. The van der Waals surface area contributed by atoms with E-state index < -0.39 is 91.5 Å². The number of allylic oxidation sites excluding steroid dienone is 4. The summed E-state index contributed by atoms with van der Waals surface area (Å²) < 4.78 is 0. The van der Waals surface area contributed by atoms with Crippen molar-refractivity contribution >= 4 is 76.2 Å². The molecule has 2 aromatic carbocycles. The third-order valence-electron chi connectivity index (χ3n) is 43.2. The first-order valence-corrected chi connectivity index (χ1v) is 85.0. The van der Waals surface area contributed by atoms with Crippen molar-refractivity contribution in [1.29, 1.82) is 0 Å². The first kappa shape index (κ1) is 133. The topological polar surface area (TPSA) is 0 Å². The maximum absolute atomic E-state index is 4.93. The van der Waals surface area contributed by atoms with Crippen molar-refractivity contribution in [1.82, 2.24) is 0 Å². The van der Waals surface area contributed by atoms with E-state index >= 15 is 0 Å². The Bertz CT molecular complexity index is 3370. The minimum absolute atomic E-state index is 0. The Kier molecular flexibility index (Phi) is 66.4. The van der Waals surface area contributed by atoms with Gasteiger partial charge in [0, 0.05) is 10.8 Å². The van der Waals surface area contributed by atoms with Crippen molar-refractivity contribution in [2.24, 2.45) is 159 Å². The van der Waals surface area contributed by atoms with Crippen molar-refractivity contribution in [3.8, 4) is 0 Å². The molecule has 0 aliphatic heterocycles. The predicted molar refractivity (Wildman–Crippen MR) is 613 cm³/mol. The average Bonchev–Trinajstić information content (AvgIpc) is 1.55. The van der Waals surface area contributed by atoms with Gasteiger partial charge < -0.3 is 59.4 Å². The molecule has 0 nitrogen and oxygen atoms in total. The SMILES string of the molecule is C=CCCCC(c1ccccc1)(C1CCCC1)C1C2CCCCC2C2CCCCC21.C=CCCCCC(C)(C1CCCC1)C1C2CCCCC2C2CCCCC21.C=CCCCCC(c1ccccc1)(C1CCCC1)C1C2CCCCC2C2CCCCC21.C=CCC[Si](C)(C1C2CCCCC2C2CCCCC21)C1C2CCCCC2C2CCCCC21.[CH3-].[CH3-].[CH3-].[CH3-].[CH3-].[CH3-].[CH3-].[CH3-].[Cl][Zr+2][Cl].[Cl][Zr+2][Cl].[Cl][Zr+2][Cl].[Cl][Zr+2][Cl]. The van der Waals surface area contributed by atoms with E-state index in [0.717, 1.165) is 154 Å². The number of hydrogen-bond acceptors (Lipinski definition) is 0. The molecule has 0 aromatic heterocycles. The third-order valence-corrected chi connectivity index (χ3v) is 49.3. The number of hydrogen-bond donors (Lipinski definition) is 0. The van der Waals surface area contributed by atoms with Crippen LogP contribution in [0.1, 0.15) is 429 Å². The molecular weight excluding hydrogens is 2190 g/mol. The molecule has 18 aliphatic carbocycles. The Balaban J connectivity index is 0.000000309. The summed E-state index contributed by atoms with van der Waals surface area (Å²) in [5, 5.41) is 0. The third kappa shape index (κ3) is 31.5. The summed E-state index contributed by atoms with van der Waals surface area (Å²) in [4.78, 5) is 0. The molecule has 790 valence electrons. The molecule has 0 bridgehead atoms. The van der Waals surface area contributed by atoms with E-state index in [-0.39, 0.29) is 59.4 Å². The molecule has 13 heteroatoms. The minimum atomic E-state index is -1.41. The molecular formula is C126H210Cl8SiZr4. The van der Waals surface area contributed by atoms with Crippen LogP contribution in [-0.4, -0.2) is 8.07 Å². The van der Waals surface area contributed by atoms with Crippen molar-refractivity contribution in [3.05, 3.63) is 182 Å². The van der Waals surface area contributed by atoms with Gasteiger partial charge in [0.05, 0.1) is 8.07 Å². The number of unbranched alkanes of at least 4 members (excludes halogenated alkanes) is 5. The molecule has 18 aliphatic rings. The number of rotatable bonds is 27. The standard InChI is InChI=1S/C31H52Si.C31H46.C30H44.C26H44.8CH3.8ClH.4Zr/c1-3-4-21-32(2,30-26-17-9-5-13-22(26)23-14-6-10-18-27(23)30)31-28-19-11-7-15-24(28)25-16-8-12-20-29(25)31;1-2-3-4-14-23-31(25-17-8-9-18-25,24-15-6-5-7-16-24)30-28-21-12-10-19-26(28)27-20-11-13-22-29(27)30;1-2-3-13-22-30(24-16-7-8-17-24,23-14-5-4-6-15-23)29-27-20-11-9-18-25(27)26-19-10-12-21-28(26)29;1-3-4-5-12-19-26(2,20-13-6-7-14-20)25-23-17-10-8-15-21(23)22-16-9-11-18-24(22)25;;;;;;;;;;;;;;;;;;;;/h3,22-31H,1,4-21H2,2H3;2,5-7,15-16,25-30H,1,3-4,8-14,17-23H2;2,4-6,14-15,24-29H,1,3,7-13,16-22H2;3,20-25H,1,4-19H2,2H3;8*1H3;8*1H;;;;/q;;;;8*-1;;;;;;;;;4*+4/p-8. The maximum atomic E-state index is 4.93. The summed E-state index contributed by atoms with van der Waals surface area (Å²) in [6.45, 7) is 22.2. The van der Waals surface area contributed by atoms with Gasteiger partial charge in [-0.25, -0.2) is 0 Å². The zero-order valence-corrected chi connectivity index (χ0v) is 108. The zero-order chi connectivity index (χ0) is 92.0. The van der Waals surface area contributed by atoms with E-state index in [4.69, 9.17) is 68.1 Å². The molecule has 0 heterocycles. The molecule has 2 aromatic rings. The van der Waals surface area contributed by atoms with Gasteiger partial charge >= 0.3 is 151 Å². The molecule has 20 rings (SSSR count). The number of fused-ring (bicyclic) bond motifs is 15. The average molecular weight is 2400 g/mol. The molecule has 0 N–H and O–H groups in total. The summed E-state index contributed by atoms with van der Waals surface area (Å²) in [7, 11) is 38.1. The van der Waals surface area contributed by atoms with E-state index in [2.05, 4.69) is 125 Å². The van der Waals surface area contributed by atoms with Crippen molar-refractivity contribution in [2.75, 3.05) is 0 Å². The van der Waals surface area contributed by atoms with Crippen LogP contribution in [0.4, 0.5) is 0 Å². The predicted octanol–water partition coefficient (Wildman–Crippen LogP) is 44.7. The van der Waals surface area contributed by atoms with E-state index in [9.17, 15) is 0 Å². The number of benzene rings is 2. The van der Waals surface area contributed by atoms with Gasteiger partial charge in [0.25, 0.3) is 0 Å². The van der Waals surface area contributed by atoms with Gasteiger partial charge in [-0.15, -0.1) is 26.3 Å². The Morgan fingerprint density at radius 3 is 0.698 bits per heavy atom. The van der Waals surface area contributed by atoms with Gasteiger partial charge in [-0.05, 0) is 387 Å². The first-order valence-electron chi connectivity index (χ1n) is 56.8. The van der Waals surface area contributed by atoms with Crippen LogP contribution in [-0.2, 0) is 94.2 Å². The van der Waals surface area contributed by atoms with Crippen LogP contribution in [0.25, 0.3) is 0 Å². The molecule has 0 spiro atoms. The fourth-order valence-corrected chi connectivity index (χ4v) is 47.3. The van der Waals surface area contributed by atoms with Gasteiger partial charge in [-0.2, -0.15) is 0 Å². The Morgan fingerprint density at radius 2 is 0.446 bits per heavy atom.